The third kappa shape index (κ3) is 6.45. The maximum absolute atomic E-state index is 11.3. The summed E-state index contributed by atoms with van der Waals surface area (Å²) in [5.74, 6) is 1.10. The van der Waals surface area contributed by atoms with Gasteiger partial charge in [0, 0.05) is 12.2 Å². The van der Waals surface area contributed by atoms with Gasteiger partial charge in [0.15, 0.2) is 0 Å². The molecule has 158 valence electrons. The highest BCUT2D eigenvalue weighted by Crippen LogP contribution is 2.31. The molecule has 29 heavy (non-hydrogen) atoms. The van der Waals surface area contributed by atoms with E-state index in [1.54, 1.807) is 31.4 Å². The Kier molecular flexibility index (Phi) is 7.16. The quantitative estimate of drug-likeness (QED) is 0.689. The third-order valence-electron chi connectivity index (χ3n) is 5.51. The average Bonchev–Trinajstić information content (AvgIpc) is 2.72. The van der Waals surface area contributed by atoms with E-state index in [1.165, 1.54) is 5.56 Å². The van der Waals surface area contributed by atoms with Crippen LogP contribution in [0.2, 0.25) is 0 Å². The van der Waals surface area contributed by atoms with Crippen LogP contribution in [0.1, 0.15) is 30.1 Å². The van der Waals surface area contributed by atoms with Crippen LogP contribution in [0.3, 0.4) is 0 Å². The van der Waals surface area contributed by atoms with Crippen LogP contribution in [0.4, 0.5) is 5.69 Å². The highest BCUT2D eigenvalue weighted by Gasteiger charge is 2.26. The number of nitrogens with zero attached hydrogens (tertiary/aromatic N) is 1. The number of piperidine rings is 1. The molecule has 2 aromatic carbocycles. The maximum atomic E-state index is 11.3. The van der Waals surface area contributed by atoms with Crippen molar-refractivity contribution in [2.24, 2.45) is 5.92 Å². The number of ether oxygens (including phenoxy) is 1. The molecule has 1 unspecified atom stereocenters. The number of methoxy groups -OCH3 is 1. The summed E-state index contributed by atoms with van der Waals surface area (Å²) in [4.78, 5) is 2.45. The van der Waals surface area contributed by atoms with Gasteiger partial charge in [0.2, 0.25) is 10.0 Å². The molecule has 6 nitrogen and oxygen atoms in total. The lowest BCUT2D eigenvalue weighted by atomic mass is 9.87. The topological polar surface area (TPSA) is 78.9 Å². The first-order valence-corrected chi connectivity index (χ1v) is 11.8. The van der Waals surface area contributed by atoms with Crippen LogP contribution < -0.4 is 9.46 Å². The van der Waals surface area contributed by atoms with E-state index < -0.39 is 16.1 Å². The minimum atomic E-state index is -3.29. The minimum absolute atomic E-state index is 0.223. The highest BCUT2D eigenvalue weighted by molar-refractivity contribution is 7.92. The zero-order valence-corrected chi connectivity index (χ0v) is 17.9. The molecule has 1 heterocycles. The molecule has 0 aliphatic carbocycles. The van der Waals surface area contributed by atoms with Gasteiger partial charge in [0.1, 0.15) is 5.75 Å². The van der Waals surface area contributed by atoms with E-state index in [0.717, 1.165) is 56.5 Å². The molecule has 0 amide bonds. The summed E-state index contributed by atoms with van der Waals surface area (Å²) in [6.07, 6.45) is 3.51. The first-order chi connectivity index (χ1) is 13.8. The molecular formula is C22H30N2O4S. The Labute approximate surface area is 173 Å². The monoisotopic (exact) mass is 418 g/mol. The van der Waals surface area contributed by atoms with E-state index in [2.05, 4.69) is 21.8 Å². The van der Waals surface area contributed by atoms with E-state index in [4.69, 9.17) is 4.74 Å². The average molecular weight is 419 g/mol. The van der Waals surface area contributed by atoms with Gasteiger partial charge < -0.3 is 14.7 Å². The van der Waals surface area contributed by atoms with Crippen molar-refractivity contribution in [3.05, 3.63) is 59.7 Å². The Hall–Kier alpha value is -2.09. The molecule has 7 heteroatoms. The van der Waals surface area contributed by atoms with E-state index in [9.17, 15) is 13.5 Å². The summed E-state index contributed by atoms with van der Waals surface area (Å²) < 4.78 is 30.2. The van der Waals surface area contributed by atoms with Crippen molar-refractivity contribution >= 4 is 15.7 Å². The number of nitrogens with one attached hydrogen (secondary N) is 1. The molecule has 1 saturated heterocycles. The summed E-state index contributed by atoms with van der Waals surface area (Å²) >= 11 is 0. The Morgan fingerprint density at radius 2 is 1.72 bits per heavy atom. The molecule has 0 spiro atoms. The van der Waals surface area contributed by atoms with Crippen LogP contribution >= 0.6 is 0 Å². The summed E-state index contributed by atoms with van der Waals surface area (Å²) in [6, 6.07) is 15.2. The number of hydrogen-bond donors (Lipinski definition) is 2. The number of benzene rings is 2. The molecule has 0 saturated carbocycles. The normalized spacial score (nSPS) is 17.1. The van der Waals surface area contributed by atoms with Gasteiger partial charge in [-0.3, -0.25) is 4.72 Å². The maximum Gasteiger partial charge on any atom is 0.229 e. The van der Waals surface area contributed by atoms with Gasteiger partial charge in [0.25, 0.3) is 0 Å². The number of likely N-dealkylation sites (tertiary alicyclic amines) is 1. The zero-order chi connectivity index (χ0) is 20.9. The molecule has 1 fully saturated rings. The largest absolute Gasteiger partial charge is 0.497 e. The van der Waals surface area contributed by atoms with Crippen LogP contribution in [-0.4, -0.2) is 51.4 Å². The summed E-state index contributed by atoms with van der Waals surface area (Å²) in [7, 11) is -1.62. The van der Waals surface area contributed by atoms with E-state index >= 15 is 0 Å². The molecule has 2 N–H and O–H groups in total. The number of aliphatic hydroxyl groups excluding tert-OH is 1. The fourth-order valence-corrected chi connectivity index (χ4v) is 4.37. The molecule has 0 bridgehead atoms. The van der Waals surface area contributed by atoms with Gasteiger partial charge >= 0.3 is 0 Å². The van der Waals surface area contributed by atoms with Crippen molar-refractivity contribution in [2.75, 3.05) is 37.7 Å². The predicted octanol–water partition coefficient (Wildman–Crippen LogP) is 3.05. The second-order valence-electron chi connectivity index (χ2n) is 7.72. The van der Waals surface area contributed by atoms with Crippen molar-refractivity contribution in [1.29, 1.82) is 0 Å². The van der Waals surface area contributed by atoms with Crippen LogP contribution in [0, 0.1) is 5.92 Å². The van der Waals surface area contributed by atoms with Gasteiger partial charge in [-0.15, -0.1) is 0 Å². The Balaban J connectivity index is 1.46. The first-order valence-electron chi connectivity index (χ1n) is 9.95. The van der Waals surface area contributed by atoms with Gasteiger partial charge in [-0.25, -0.2) is 8.42 Å². The fourth-order valence-electron chi connectivity index (χ4n) is 3.81. The molecule has 3 rings (SSSR count). The van der Waals surface area contributed by atoms with Crippen LogP contribution in [-0.2, 0) is 16.4 Å². The zero-order valence-electron chi connectivity index (χ0n) is 17.0. The fraction of sp³-hybridized carbons (Fsp3) is 0.455. The van der Waals surface area contributed by atoms with Crippen LogP contribution in [0.15, 0.2) is 48.5 Å². The summed E-state index contributed by atoms with van der Waals surface area (Å²) in [5.41, 5.74) is 2.65. The number of aliphatic hydroxyl groups is 1. The number of anilines is 1. The van der Waals surface area contributed by atoms with E-state index in [-0.39, 0.29) is 5.92 Å². The lowest BCUT2D eigenvalue weighted by Gasteiger charge is -2.34. The smallest absolute Gasteiger partial charge is 0.229 e. The first kappa shape index (κ1) is 21.6. The Morgan fingerprint density at radius 1 is 1.10 bits per heavy atom. The Bertz CT molecular complexity index is 874. The third-order valence-corrected chi connectivity index (χ3v) is 6.12. The molecular weight excluding hydrogens is 388 g/mol. The van der Waals surface area contributed by atoms with Crippen molar-refractivity contribution in [1.82, 2.24) is 4.90 Å². The van der Waals surface area contributed by atoms with Gasteiger partial charge in [-0.1, -0.05) is 24.3 Å². The number of sulfonamides is 1. The van der Waals surface area contributed by atoms with Crippen LogP contribution in [0.25, 0.3) is 0 Å². The lowest BCUT2D eigenvalue weighted by molar-refractivity contribution is 0.0592. The standard InChI is InChI=1S/C22H30N2O4S/c1-28-21-9-3-17(4-10-21)11-14-24-15-12-19(13-16-24)22(25)18-5-7-20(8-6-18)23-29(2,26)27/h3-10,19,22-23,25H,11-16H2,1-2H3. The molecule has 0 radical (unpaired) electrons. The van der Waals surface area contributed by atoms with Crippen molar-refractivity contribution in [3.63, 3.8) is 0 Å². The lowest BCUT2D eigenvalue weighted by Crippen LogP contribution is -2.36. The molecule has 1 aliphatic heterocycles. The van der Waals surface area contributed by atoms with Gasteiger partial charge in [-0.2, -0.15) is 0 Å². The van der Waals surface area contributed by atoms with Gasteiger partial charge in [-0.05, 0) is 73.7 Å². The predicted molar refractivity (Wildman–Crippen MR) is 116 cm³/mol. The SMILES string of the molecule is COc1ccc(CCN2CCC(C(O)c3ccc(NS(C)(=O)=O)cc3)CC2)cc1. The van der Waals surface area contributed by atoms with Crippen molar-refractivity contribution < 1.29 is 18.3 Å². The second-order valence-corrected chi connectivity index (χ2v) is 9.47. The Morgan fingerprint density at radius 3 is 2.28 bits per heavy atom. The van der Waals surface area contributed by atoms with E-state index in [1.807, 2.05) is 12.1 Å². The molecule has 1 aliphatic rings. The molecule has 2 aromatic rings. The summed E-state index contributed by atoms with van der Waals surface area (Å²) in [6.45, 7) is 2.97. The minimum Gasteiger partial charge on any atom is -0.497 e. The van der Waals surface area contributed by atoms with Crippen molar-refractivity contribution in [3.8, 4) is 5.75 Å². The molecule has 0 aromatic heterocycles. The number of hydrogen-bond acceptors (Lipinski definition) is 5. The number of rotatable bonds is 8. The highest BCUT2D eigenvalue weighted by atomic mass is 32.2. The second kappa shape index (κ2) is 9.61. The van der Waals surface area contributed by atoms with Gasteiger partial charge in [0.05, 0.1) is 19.5 Å². The van der Waals surface area contributed by atoms with Crippen molar-refractivity contribution in [2.45, 2.75) is 25.4 Å². The summed E-state index contributed by atoms with van der Waals surface area (Å²) in [5, 5.41) is 10.7. The van der Waals surface area contributed by atoms with E-state index in [0.29, 0.717) is 5.69 Å². The van der Waals surface area contributed by atoms with Crippen LogP contribution in [0.5, 0.6) is 5.75 Å². The molecule has 1 atom stereocenters.